The third-order valence-electron chi connectivity index (χ3n) is 4.15. The summed E-state index contributed by atoms with van der Waals surface area (Å²) in [5.41, 5.74) is 8.15. The van der Waals surface area contributed by atoms with Gasteiger partial charge in [0.2, 0.25) is 0 Å². The van der Waals surface area contributed by atoms with Gasteiger partial charge in [0.05, 0.1) is 17.2 Å². The zero-order valence-corrected chi connectivity index (χ0v) is 17.1. The van der Waals surface area contributed by atoms with Crippen molar-refractivity contribution in [3.63, 3.8) is 0 Å². The second kappa shape index (κ2) is 8.35. The van der Waals surface area contributed by atoms with Crippen LogP contribution in [0.3, 0.4) is 0 Å². The van der Waals surface area contributed by atoms with E-state index in [0.717, 1.165) is 28.6 Å². The molecule has 0 aliphatic heterocycles. The second-order valence-corrected chi connectivity index (χ2v) is 8.67. The summed E-state index contributed by atoms with van der Waals surface area (Å²) in [5, 5.41) is 7.23. The number of hydrazone groups is 1. The summed E-state index contributed by atoms with van der Waals surface area (Å²) in [6.07, 6.45) is 1.16. The number of nitrogens with zero attached hydrogens (tertiary/aromatic N) is 1. The number of carbonyl (C=O) groups excluding carboxylic acids is 1. The van der Waals surface area contributed by atoms with Crippen LogP contribution in [0, 0.1) is 20.8 Å². The number of aryl methyl sites for hydroxylation is 3. The highest BCUT2D eigenvalue weighted by Gasteiger charge is 2.08. The Hall–Kier alpha value is -2.67. The van der Waals surface area contributed by atoms with Gasteiger partial charge in [-0.15, -0.1) is 0 Å². The van der Waals surface area contributed by atoms with E-state index in [2.05, 4.69) is 28.0 Å². The fourth-order valence-electron chi connectivity index (χ4n) is 2.82. The Bertz CT molecular complexity index is 955. The molecule has 0 fully saturated rings. The molecule has 0 atom stereocenters. The molecule has 0 spiro atoms. The van der Waals surface area contributed by atoms with Gasteiger partial charge in [-0.1, -0.05) is 29.8 Å². The minimum Gasteiger partial charge on any atom is -0.376 e. The molecule has 144 valence electrons. The maximum absolute atomic E-state index is 12.1. The zero-order chi connectivity index (χ0) is 20.2. The summed E-state index contributed by atoms with van der Waals surface area (Å²) in [7, 11) is -3.23. The number of amides is 1. The van der Waals surface area contributed by atoms with Gasteiger partial charge < -0.3 is 5.32 Å². The smallest absolute Gasteiger partial charge is 0.259 e. The van der Waals surface area contributed by atoms with Gasteiger partial charge in [0.25, 0.3) is 5.91 Å². The van der Waals surface area contributed by atoms with E-state index in [4.69, 9.17) is 0 Å². The molecule has 2 aromatic rings. The molecule has 0 radical (unpaired) electrons. The predicted molar refractivity (Wildman–Crippen MR) is 109 cm³/mol. The van der Waals surface area contributed by atoms with Crippen LogP contribution in [0.25, 0.3) is 0 Å². The van der Waals surface area contributed by atoms with Crippen molar-refractivity contribution >= 4 is 27.1 Å². The van der Waals surface area contributed by atoms with E-state index in [1.165, 1.54) is 17.7 Å². The number of hydrogen-bond donors (Lipinski definition) is 2. The van der Waals surface area contributed by atoms with E-state index < -0.39 is 9.84 Å². The number of rotatable bonds is 6. The summed E-state index contributed by atoms with van der Waals surface area (Å²) in [4.78, 5) is 12.3. The molecule has 27 heavy (non-hydrogen) atoms. The second-order valence-electron chi connectivity index (χ2n) is 6.66. The molecule has 0 heterocycles. The molecular weight excluding hydrogens is 362 g/mol. The standard InChI is InChI=1S/C20H25N3O3S/c1-13-10-14(2)20(15(3)11-13)21-12-19(24)23-22-16(4)17-6-8-18(9-7-17)27(5,25)26/h6-11,21H,12H2,1-5H3,(H,23,24)/b22-16-. The number of benzene rings is 2. The summed E-state index contributed by atoms with van der Waals surface area (Å²) in [6.45, 7) is 7.90. The van der Waals surface area contributed by atoms with Crippen LogP contribution in [0.4, 0.5) is 5.69 Å². The molecule has 1 amide bonds. The monoisotopic (exact) mass is 387 g/mol. The molecule has 2 aromatic carbocycles. The first kappa shape index (κ1) is 20.6. The predicted octanol–water partition coefficient (Wildman–Crippen LogP) is 2.97. The van der Waals surface area contributed by atoms with Crippen LogP contribution >= 0.6 is 0 Å². The summed E-state index contributed by atoms with van der Waals surface area (Å²) in [5.74, 6) is -0.263. The van der Waals surface area contributed by atoms with Gasteiger partial charge >= 0.3 is 0 Å². The Balaban J connectivity index is 1.98. The van der Waals surface area contributed by atoms with Crippen molar-refractivity contribution < 1.29 is 13.2 Å². The highest BCUT2D eigenvalue weighted by atomic mass is 32.2. The highest BCUT2D eigenvalue weighted by Crippen LogP contribution is 2.21. The third-order valence-corrected chi connectivity index (χ3v) is 5.28. The maximum Gasteiger partial charge on any atom is 0.259 e. The first-order valence-corrected chi connectivity index (χ1v) is 10.4. The average Bonchev–Trinajstić information content (AvgIpc) is 2.58. The van der Waals surface area contributed by atoms with Crippen molar-refractivity contribution in [2.45, 2.75) is 32.6 Å². The van der Waals surface area contributed by atoms with Gasteiger partial charge in [-0.25, -0.2) is 13.8 Å². The van der Waals surface area contributed by atoms with E-state index in [1.54, 1.807) is 19.1 Å². The first-order chi connectivity index (χ1) is 12.6. The van der Waals surface area contributed by atoms with Crippen molar-refractivity contribution in [3.8, 4) is 0 Å². The third kappa shape index (κ3) is 5.65. The van der Waals surface area contributed by atoms with Gasteiger partial charge in [0.1, 0.15) is 0 Å². The van der Waals surface area contributed by atoms with Gasteiger partial charge in [-0.05, 0) is 56.5 Å². The lowest BCUT2D eigenvalue weighted by molar-refractivity contribution is -0.119. The molecule has 0 bridgehead atoms. The molecule has 6 nitrogen and oxygen atoms in total. The lowest BCUT2D eigenvalue weighted by atomic mass is 10.1. The summed E-state index contributed by atoms with van der Waals surface area (Å²) in [6, 6.07) is 10.5. The van der Waals surface area contributed by atoms with Crippen molar-refractivity contribution in [1.29, 1.82) is 0 Å². The fraction of sp³-hybridized carbons (Fsp3) is 0.300. The molecule has 2 N–H and O–H groups in total. The summed E-state index contributed by atoms with van der Waals surface area (Å²) >= 11 is 0. The summed E-state index contributed by atoms with van der Waals surface area (Å²) < 4.78 is 23.0. The van der Waals surface area contributed by atoms with Gasteiger partial charge in [-0.2, -0.15) is 5.10 Å². The van der Waals surface area contributed by atoms with Crippen LogP contribution in [0.2, 0.25) is 0 Å². The molecule has 0 saturated carbocycles. The highest BCUT2D eigenvalue weighted by molar-refractivity contribution is 7.90. The zero-order valence-electron chi connectivity index (χ0n) is 16.3. The Kier molecular flexibility index (Phi) is 6.38. The maximum atomic E-state index is 12.1. The Morgan fingerprint density at radius 1 is 1.04 bits per heavy atom. The lowest BCUT2D eigenvalue weighted by Crippen LogP contribution is -2.27. The van der Waals surface area contributed by atoms with Crippen molar-refractivity contribution in [2.75, 3.05) is 18.1 Å². The van der Waals surface area contributed by atoms with Crippen LogP contribution in [0.5, 0.6) is 0 Å². The Labute approximate surface area is 160 Å². The molecule has 0 aromatic heterocycles. The normalized spacial score (nSPS) is 12.0. The number of carbonyl (C=O) groups is 1. The van der Waals surface area contributed by atoms with Crippen molar-refractivity contribution in [1.82, 2.24) is 5.43 Å². The molecule has 0 aliphatic rings. The van der Waals surface area contributed by atoms with Gasteiger partial charge in [-0.3, -0.25) is 4.79 Å². The largest absolute Gasteiger partial charge is 0.376 e. The average molecular weight is 388 g/mol. The number of sulfone groups is 1. The molecular formula is C20H25N3O3S. The van der Waals surface area contributed by atoms with Crippen molar-refractivity contribution in [2.24, 2.45) is 5.10 Å². The van der Waals surface area contributed by atoms with Crippen LogP contribution in [0.1, 0.15) is 29.2 Å². The molecule has 0 unspecified atom stereocenters. The Morgan fingerprint density at radius 2 is 1.59 bits per heavy atom. The molecule has 0 aliphatic carbocycles. The topological polar surface area (TPSA) is 87.6 Å². The van der Waals surface area contributed by atoms with E-state index >= 15 is 0 Å². The van der Waals surface area contributed by atoms with E-state index in [9.17, 15) is 13.2 Å². The van der Waals surface area contributed by atoms with Crippen molar-refractivity contribution in [3.05, 3.63) is 58.7 Å². The fourth-order valence-corrected chi connectivity index (χ4v) is 3.45. The minimum atomic E-state index is -3.23. The van der Waals surface area contributed by atoms with E-state index in [0.29, 0.717) is 5.71 Å². The van der Waals surface area contributed by atoms with Crippen LogP contribution in [-0.4, -0.2) is 32.8 Å². The van der Waals surface area contributed by atoms with Crippen LogP contribution < -0.4 is 10.7 Å². The first-order valence-electron chi connectivity index (χ1n) is 8.53. The molecule has 7 heteroatoms. The lowest BCUT2D eigenvalue weighted by Gasteiger charge is -2.13. The molecule has 0 saturated heterocycles. The quantitative estimate of drug-likeness (QED) is 0.589. The van der Waals surface area contributed by atoms with Gasteiger partial charge in [0, 0.05) is 11.9 Å². The van der Waals surface area contributed by atoms with Gasteiger partial charge in [0.15, 0.2) is 9.84 Å². The molecule has 2 rings (SSSR count). The Morgan fingerprint density at radius 3 is 2.11 bits per heavy atom. The number of anilines is 1. The minimum absolute atomic E-state index is 0.106. The SMILES string of the molecule is C/C(=N/NC(=O)CNc1c(C)cc(C)cc1C)c1ccc(S(C)(=O)=O)cc1. The van der Waals surface area contributed by atoms with Crippen LogP contribution in [0.15, 0.2) is 46.4 Å². The number of nitrogens with one attached hydrogen (secondary N) is 2. The van der Waals surface area contributed by atoms with Crippen LogP contribution in [-0.2, 0) is 14.6 Å². The van der Waals surface area contributed by atoms with E-state index in [-0.39, 0.29) is 17.3 Å². The van der Waals surface area contributed by atoms with E-state index in [1.807, 2.05) is 20.8 Å². The number of hydrogen-bond acceptors (Lipinski definition) is 5.